The summed E-state index contributed by atoms with van der Waals surface area (Å²) in [6.07, 6.45) is 1.51. The highest BCUT2D eigenvalue weighted by atomic mass is 16.5. The van der Waals surface area contributed by atoms with Gasteiger partial charge in [0.05, 0.1) is 24.3 Å². The number of nitrogens with two attached hydrogens (primary N) is 3. The molecule has 0 bridgehead atoms. The molecule has 45 heavy (non-hydrogen) atoms. The largest absolute Gasteiger partial charge is 0.493 e. The molecule has 4 rings (SSSR count). The molecule has 4 aromatic carbocycles. The summed E-state index contributed by atoms with van der Waals surface area (Å²) in [5.41, 5.74) is 13.4. The van der Waals surface area contributed by atoms with Crippen LogP contribution in [0.5, 0.6) is 11.5 Å². The molecule has 0 saturated carbocycles. The van der Waals surface area contributed by atoms with Crippen molar-refractivity contribution in [1.29, 1.82) is 0 Å². The fourth-order valence-corrected chi connectivity index (χ4v) is 4.90. The van der Waals surface area contributed by atoms with E-state index in [2.05, 4.69) is 16.3 Å². The van der Waals surface area contributed by atoms with Crippen LogP contribution in [0.25, 0.3) is 33.4 Å². The second-order valence-corrected chi connectivity index (χ2v) is 10.4. The Bertz CT molecular complexity index is 1630. The first-order valence-electron chi connectivity index (χ1n) is 14.6. The lowest BCUT2D eigenvalue weighted by Crippen LogP contribution is -2.30. The van der Waals surface area contributed by atoms with Gasteiger partial charge in [0.25, 0.3) is 17.7 Å². The molecule has 0 saturated heterocycles. The van der Waals surface area contributed by atoms with Crippen molar-refractivity contribution in [2.45, 2.75) is 33.6 Å². The number of carbonyl (C=O) groups is 3. The Balaban J connectivity index is 1.93. The first kappa shape index (κ1) is 32.7. The van der Waals surface area contributed by atoms with Crippen LogP contribution in [0, 0.1) is 6.92 Å². The number of benzene rings is 4. The van der Waals surface area contributed by atoms with Crippen LogP contribution in [0.1, 0.15) is 63.3 Å². The van der Waals surface area contributed by atoms with Crippen molar-refractivity contribution in [3.05, 3.63) is 95.1 Å². The Morgan fingerprint density at radius 3 is 1.24 bits per heavy atom. The minimum absolute atomic E-state index is 0.321. The first-order chi connectivity index (χ1) is 21.7. The standard InChI is InChI=1S/C34H38N6O5/c1-4-12-44-30-18-22(7-10-28(30)33(42)39-36)25-15-24(21-6-9-27(20(3)14-21)32(41)38-35)16-26(17-25)23-8-11-29(34(43)40-37)31(19-23)45-13-5-2/h6-11,14-19H,4-5,12-13,35-37H2,1-3H3,(H,38,41)(H,39,42)(H,40,43). The minimum Gasteiger partial charge on any atom is -0.493 e. The highest BCUT2D eigenvalue weighted by Crippen LogP contribution is 2.37. The quantitative estimate of drug-likeness (QED) is 0.0775. The fraction of sp³-hybridized carbons (Fsp3) is 0.206. The van der Waals surface area contributed by atoms with Crippen molar-refractivity contribution < 1.29 is 23.9 Å². The molecule has 11 nitrogen and oxygen atoms in total. The van der Waals surface area contributed by atoms with E-state index in [0.29, 0.717) is 41.4 Å². The smallest absolute Gasteiger partial charge is 0.268 e. The van der Waals surface area contributed by atoms with E-state index in [9.17, 15) is 14.4 Å². The number of nitrogens with one attached hydrogen (secondary N) is 3. The molecule has 0 fully saturated rings. The second-order valence-electron chi connectivity index (χ2n) is 10.4. The van der Waals surface area contributed by atoms with Gasteiger partial charge in [-0.1, -0.05) is 38.1 Å². The van der Waals surface area contributed by atoms with Crippen LogP contribution in [-0.2, 0) is 0 Å². The maximum Gasteiger partial charge on any atom is 0.268 e. The number of amides is 3. The summed E-state index contributed by atoms with van der Waals surface area (Å²) >= 11 is 0. The van der Waals surface area contributed by atoms with Crippen molar-refractivity contribution in [1.82, 2.24) is 16.3 Å². The lowest BCUT2D eigenvalue weighted by atomic mass is 9.91. The number of aryl methyl sites for hydroxylation is 1. The van der Waals surface area contributed by atoms with Gasteiger partial charge in [0, 0.05) is 5.56 Å². The monoisotopic (exact) mass is 610 g/mol. The molecule has 4 aromatic rings. The van der Waals surface area contributed by atoms with Gasteiger partial charge in [-0.3, -0.25) is 30.7 Å². The average molecular weight is 611 g/mol. The maximum absolute atomic E-state index is 12.5. The number of nitrogen functional groups attached to an aromatic ring is 3. The zero-order valence-corrected chi connectivity index (χ0v) is 25.5. The van der Waals surface area contributed by atoms with Gasteiger partial charge in [0.2, 0.25) is 0 Å². The number of hydrogen-bond donors (Lipinski definition) is 6. The third-order valence-electron chi connectivity index (χ3n) is 7.17. The number of rotatable bonds is 12. The van der Waals surface area contributed by atoms with E-state index in [1.54, 1.807) is 18.2 Å². The molecule has 0 spiro atoms. The van der Waals surface area contributed by atoms with E-state index in [4.69, 9.17) is 27.0 Å². The third-order valence-corrected chi connectivity index (χ3v) is 7.17. The third kappa shape index (κ3) is 7.47. The van der Waals surface area contributed by atoms with Crippen LogP contribution >= 0.6 is 0 Å². The zero-order chi connectivity index (χ0) is 32.5. The lowest BCUT2D eigenvalue weighted by Gasteiger charge is -2.16. The van der Waals surface area contributed by atoms with Crippen molar-refractivity contribution in [2.75, 3.05) is 13.2 Å². The molecule has 0 aliphatic carbocycles. The van der Waals surface area contributed by atoms with Gasteiger partial charge in [0.1, 0.15) is 11.5 Å². The van der Waals surface area contributed by atoms with E-state index in [1.807, 2.05) is 75.4 Å². The van der Waals surface area contributed by atoms with Crippen LogP contribution in [0.2, 0.25) is 0 Å². The number of hydrazine groups is 3. The SMILES string of the molecule is CCCOc1cc(-c2cc(-c3ccc(C(=O)NN)c(C)c3)cc(-c3ccc(C(=O)NN)c(OCCC)c3)c2)ccc1C(=O)NN. The molecule has 3 amide bonds. The van der Waals surface area contributed by atoms with Gasteiger partial charge in [-0.25, -0.2) is 17.5 Å². The molecule has 0 atom stereocenters. The molecule has 0 radical (unpaired) electrons. The number of hydrogen-bond acceptors (Lipinski definition) is 8. The summed E-state index contributed by atoms with van der Waals surface area (Å²) in [6, 6.07) is 22.2. The van der Waals surface area contributed by atoms with Crippen molar-refractivity contribution in [2.24, 2.45) is 17.5 Å². The molecule has 0 aromatic heterocycles. The Kier molecular flexibility index (Phi) is 10.9. The molecular formula is C34H38N6O5. The van der Waals surface area contributed by atoms with Crippen molar-refractivity contribution in [3.63, 3.8) is 0 Å². The van der Waals surface area contributed by atoms with Crippen LogP contribution in [0.4, 0.5) is 0 Å². The average Bonchev–Trinajstić information content (AvgIpc) is 3.08. The molecular weight excluding hydrogens is 572 g/mol. The highest BCUT2D eigenvalue weighted by Gasteiger charge is 2.17. The topological polar surface area (TPSA) is 184 Å². The van der Waals surface area contributed by atoms with Crippen LogP contribution in [-0.4, -0.2) is 30.9 Å². The summed E-state index contributed by atoms with van der Waals surface area (Å²) in [4.78, 5) is 37.1. The van der Waals surface area contributed by atoms with Gasteiger partial charge < -0.3 is 9.47 Å². The van der Waals surface area contributed by atoms with E-state index in [-0.39, 0.29) is 5.91 Å². The zero-order valence-electron chi connectivity index (χ0n) is 25.5. The molecule has 0 aliphatic heterocycles. The molecule has 0 unspecified atom stereocenters. The Labute approximate surface area is 262 Å². The molecule has 0 aliphatic rings. The number of carbonyl (C=O) groups excluding carboxylic acids is 3. The minimum atomic E-state index is -0.458. The molecule has 9 N–H and O–H groups in total. The Morgan fingerprint density at radius 1 is 0.533 bits per heavy atom. The normalized spacial score (nSPS) is 10.6. The van der Waals surface area contributed by atoms with Gasteiger partial charge >= 0.3 is 0 Å². The predicted molar refractivity (Wildman–Crippen MR) is 174 cm³/mol. The highest BCUT2D eigenvalue weighted by molar-refractivity contribution is 5.99. The van der Waals surface area contributed by atoms with Gasteiger partial charge in [0.15, 0.2) is 0 Å². The van der Waals surface area contributed by atoms with Crippen molar-refractivity contribution in [3.8, 4) is 44.9 Å². The summed E-state index contributed by atoms with van der Waals surface area (Å²) in [6.45, 7) is 6.65. The molecule has 234 valence electrons. The van der Waals surface area contributed by atoms with Crippen LogP contribution in [0.3, 0.4) is 0 Å². The van der Waals surface area contributed by atoms with E-state index < -0.39 is 11.8 Å². The summed E-state index contributed by atoms with van der Waals surface area (Å²) in [5.74, 6) is 15.7. The van der Waals surface area contributed by atoms with Crippen molar-refractivity contribution >= 4 is 17.7 Å². The van der Waals surface area contributed by atoms with Crippen LogP contribution < -0.4 is 43.3 Å². The summed E-state index contributed by atoms with van der Waals surface area (Å²) in [7, 11) is 0. The summed E-state index contributed by atoms with van der Waals surface area (Å²) in [5, 5.41) is 0. The van der Waals surface area contributed by atoms with E-state index in [1.165, 1.54) is 0 Å². The molecule has 11 heteroatoms. The first-order valence-corrected chi connectivity index (χ1v) is 14.6. The predicted octanol–water partition coefficient (Wildman–Crippen LogP) is 4.38. The van der Waals surface area contributed by atoms with Crippen LogP contribution in [0.15, 0.2) is 72.8 Å². The van der Waals surface area contributed by atoms with E-state index in [0.717, 1.165) is 51.8 Å². The van der Waals surface area contributed by atoms with Gasteiger partial charge in [-0.05, 0) is 107 Å². The van der Waals surface area contributed by atoms with Gasteiger partial charge in [-0.15, -0.1) is 0 Å². The second kappa shape index (κ2) is 15.0. The Morgan fingerprint density at radius 2 is 0.889 bits per heavy atom. The lowest BCUT2D eigenvalue weighted by molar-refractivity contribution is 0.0941. The van der Waals surface area contributed by atoms with E-state index >= 15 is 0 Å². The Hall–Kier alpha value is -5.23. The number of ether oxygens (including phenoxy) is 2. The summed E-state index contributed by atoms with van der Waals surface area (Å²) < 4.78 is 11.9. The maximum atomic E-state index is 12.5. The molecule has 0 heterocycles. The van der Waals surface area contributed by atoms with Gasteiger partial charge in [-0.2, -0.15) is 0 Å². The fourth-order valence-electron chi connectivity index (χ4n) is 4.90.